The fourth-order valence-electron chi connectivity index (χ4n) is 11.7. The Bertz CT molecular complexity index is 4370. The number of pyridine rings is 1. The van der Waals surface area contributed by atoms with Crippen LogP contribution in [0.15, 0.2) is 200 Å². The number of fused-ring (bicyclic) bond motifs is 7. The summed E-state index contributed by atoms with van der Waals surface area (Å²) in [5, 5.41) is 3.17. The Morgan fingerprint density at radius 1 is 0.553 bits per heavy atom. The standard InChI is InChI=1S/C67H48F3N5.Pt/c1-40-33-41(2)61(42(3)34-40)46-31-32-71-60(37-46)75-57-30-28-44(43-17-9-6-10-18-43)35-52(57)51-29-27-45(36-59(51)75)50-23-15-26-58-64(50)73-65(74(58)49-21-13-8-14-22-49)54-39-48(67(68,69)70)38-53-62-55(24-16-25-56(62)72-63(53)54)66(4,5)47-19-11-7-12-20-47;/h6-35,37-39H,1-5H3;/q-2;+2. The van der Waals surface area contributed by atoms with Crippen molar-refractivity contribution in [1.82, 2.24) is 24.1 Å². The molecule has 0 saturated carbocycles. The molecule has 0 aliphatic rings. The molecule has 0 aliphatic carbocycles. The zero-order valence-corrected chi connectivity index (χ0v) is 44.5. The normalized spacial score (nSPS) is 12.1. The summed E-state index contributed by atoms with van der Waals surface area (Å²) in [5.41, 5.74) is 15.4. The molecule has 4 heterocycles. The maximum absolute atomic E-state index is 15.4. The van der Waals surface area contributed by atoms with E-state index in [4.69, 9.17) is 15.0 Å². The van der Waals surface area contributed by atoms with Crippen LogP contribution in [0, 0.1) is 26.8 Å². The molecule has 0 spiro atoms. The van der Waals surface area contributed by atoms with Crippen molar-refractivity contribution in [2.75, 3.05) is 0 Å². The van der Waals surface area contributed by atoms with Gasteiger partial charge in [-0.3, -0.25) is 4.57 Å². The number of aryl methyl sites for hydroxylation is 3. The Kier molecular flexibility index (Phi) is 11.8. The summed E-state index contributed by atoms with van der Waals surface area (Å²) in [7, 11) is 0. The third kappa shape index (κ3) is 7.97. The van der Waals surface area contributed by atoms with Gasteiger partial charge in [-0.25, -0.2) is 9.97 Å². The molecule has 0 amide bonds. The van der Waals surface area contributed by atoms with Gasteiger partial charge in [0.2, 0.25) is 0 Å². The fourth-order valence-corrected chi connectivity index (χ4v) is 11.7. The summed E-state index contributed by atoms with van der Waals surface area (Å²) < 4.78 is 50.4. The first-order chi connectivity index (χ1) is 36.3. The van der Waals surface area contributed by atoms with E-state index in [1.165, 1.54) is 34.4 Å². The van der Waals surface area contributed by atoms with E-state index < -0.39 is 17.2 Å². The van der Waals surface area contributed by atoms with Crippen molar-refractivity contribution in [2.45, 2.75) is 46.2 Å². The van der Waals surface area contributed by atoms with E-state index in [9.17, 15) is 0 Å². The van der Waals surface area contributed by atoms with Gasteiger partial charge >= 0.3 is 27.2 Å². The molecule has 0 saturated heterocycles. The summed E-state index contributed by atoms with van der Waals surface area (Å²) in [5.74, 6) is 1.10. The molecular formula is C67H48F3N5Pt. The monoisotopic (exact) mass is 1170 g/mol. The van der Waals surface area contributed by atoms with Gasteiger partial charge in [-0.15, -0.1) is 34.8 Å². The first-order valence-electron chi connectivity index (χ1n) is 25.2. The molecular weight excluding hydrogens is 1130 g/mol. The maximum Gasteiger partial charge on any atom is 2.00 e. The molecule has 0 fully saturated rings. The zero-order chi connectivity index (χ0) is 51.3. The van der Waals surface area contributed by atoms with Crippen molar-refractivity contribution in [2.24, 2.45) is 0 Å². The Labute approximate surface area is 452 Å². The molecule has 4 aromatic heterocycles. The predicted octanol–water partition coefficient (Wildman–Crippen LogP) is 17.5. The van der Waals surface area contributed by atoms with Crippen LogP contribution >= 0.6 is 0 Å². The van der Waals surface area contributed by atoms with E-state index >= 15 is 13.2 Å². The fraction of sp³-hybridized carbons (Fsp3) is 0.104. The number of nitrogens with zero attached hydrogens (tertiary/aromatic N) is 5. The van der Waals surface area contributed by atoms with Gasteiger partial charge in [0.25, 0.3) is 0 Å². The van der Waals surface area contributed by atoms with Gasteiger partial charge in [0.1, 0.15) is 11.6 Å². The molecule has 0 aliphatic heterocycles. The van der Waals surface area contributed by atoms with Crippen LogP contribution in [0.25, 0.3) is 111 Å². The van der Waals surface area contributed by atoms with Gasteiger partial charge < -0.3 is 9.55 Å². The number of alkyl halides is 3. The van der Waals surface area contributed by atoms with Crippen LogP contribution in [0.1, 0.15) is 47.2 Å². The van der Waals surface area contributed by atoms with E-state index in [-0.39, 0.29) is 26.6 Å². The summed E-state index contributed by atoms with van der Waals surface area (Å²) >= 11 is 0. The van der Waals surface area contributed by atoms with Crippen LogP contribution in [0.5, 0.6) is 0 Å². The number of halogens is 3. The summed E-state index contributed by atoms with van der Waals surface area (Å²) in [6.45, 7) is 10.7. The van der Waals surface area contributed by atoms with Crippen molar-refractivity contribution >= 4 is 54.6 Å². The van der Waals surface area contributed by atoms with Crippen LogP contribution in [0.3, 0.4) is 0 Å². The first kappa shape index (κ1) is 48.6. The molecule has 0 atom stereocenters. The van der Waals surface area contributed by atoms with Crippen LogP contribution in [0.2, 0.25) is 0 Å². The van der Waals surface area contributed by atoms with E-state index in [1.807, 2.05) is 102 Å². The number of hydrogen-bond donors (Lipinski definition) is 0. The van der Waals surface area contributed by atoms with Crippen molar-refractivity contribution in [3.05, 3.63) is 240 Å². The average molecular weight is 1180 g/mol. The van der Waals surface area contributed by atoms with Crippen molar-refractivity contribution in [3.63, 3.8) is 0 Å². The third-order valence-corrected chi connectivity index (χ3v) is 15.1. The quantitative estimate of drug-likeness (QED) is 0.143. The second-order valence-corrected chi connectivity index (χ2v) is 20.2. The topological polar surface area (TPSA) is 49.7 Å². The molecule has 5 nitrogen and oxygen atoms in total. The number of rotatable bonds is 8. The van der Waals surface area contributed by atoms with Gasteiger partial charge in [0.15, 0.2) is 0 Å². The van der Waals surface area contributed by atoms with Crippen LogP contribution in [0.4, 0.5) is 13.2 Å². The van der Waals surface area contributed by atoms with Gasteiger partial charge in [0, 0.05) is 28.4 Å². The largest absolute Gasteiger partial charge is 2.00 e. The summed E-state index contributed by atoms with van der Waals surface area (Å²) in [4.78, 5) is 15.7. The second kappa shape index (κ2) is 18.5. The number of para-hydroxylation sites is 2. The molecule has 0 bridgehead atoms. The van der Waals surface area contributed by atoms with Crippen LogP contribution in [-0.2, 0) is 32.7 Å². The Morgan fingerprint density at radius 3 is 2.00 bits per heavy atom. The number of benzene rings is 9. The second-order valence-electron chi connectivity index (χ2n) is 20.2. The van der Waals surface area contributed by atoms with Crippen LogP contribution in [-0.4, -0.2) is 19.1 Å². The zero-order valence-electron chi connectivity index (χ0n) is 42.2. The van der Waals surface area contributed by atoms with Gasteiger partial charge in [0.05, 0.1) is 16.6 Å². The molecule has 372 valence electrons. The molecule has 0 unspecified atom stereocenters. The van der Waals surface area contributed by atoms with E-state index in [2.05, 4.69) is 136 Å². The SMILES string of the molecule is Cc1cc(C)c(-c2ccnc(-n3c4[c-]c(-c5cccc6c5nc(-c5cc(C(F)(F)F)cc7c5[n-]c5cccc(C(C)(C)c8ccccc8)c57)n6-c5ccccc5)ccc4c4cc(-c5ccccc5)ccc43)c2)c(C)c1.[Pt+2]. The van der Waals surface area contributed by atoms with Gasteiger partial charge in [-0.1, -0.05) is 164 Å². The molecule has 9 heteroatoms. The Balaban J connectivity index is 0.00000582. The Hall–Kier alpha value is -8.32. The van der Waals surface area contributed by atoms with E-state index in [0.717, 1.165) is 77.8 Å². The first-order valence-corrected chi connectivity index (χ1v) is 25.2. The predicted molar refractivity (Wildman–Crippen MR) is 300 cm³/mol. The molecule has 76 heavy (non-hydrogen) atoms. The minimum atomic E-state index is -4.66. The van der Waals surface area contributed by atoms with Gasteiger partial charge in [-0.2, -0.15) is 13.2 Å². The summed E-state index contributed by atoms with van der Waals surface area (Å²) in [6, 6.07) is 67.8. The summed E-state index contributed by atoms with van der Waals surface area (Å²) in [6.07, 6.45) is -2.79. The number of hydrogen-bond acceptors (Lipinski definition) is 2. The van der Waals surface area contributed by atoms with E-state index in [1.54, 1.807) is 0 Å². The van der Waals surface area contributed by atoms with Crippen molar-refractivity contribution in [1.29, 1.82) is 0 Å². The van der Waals surface area contributed by atoms with Crippen LogP contribution < -0.4 is 4.98 Å². The minimum absolute atomic E-state index is 0. The number of aromatic nitrogens is 5. The molecule has 9 aromatic carbocycles. The Morgan fingerprint density at radius 2 is 1.26 bits per heavy atom. The average Bonchev–Trinajstić information content (AvgIpc) is 4.21. The van der Waals surface area contributed by atoms with Gasteiger partial charge in [-0.05, 0) is 135 Å². The van der Waals surface area contributed by atoms with Crippen molar-refractivity contribution < 1.29 is 34.2 Å². The minimum Gasteiger partial charge on any atom is -0.656 e. The third-order valence-electron chi connectivity index (χ3n) is 15.1. The smallest absolute Gasteiger partial charge is 0.656 e. The number of imidazole rings is 1. The molecule has 0 N–H and O–H groups in total. The van der Waals surface area contributed by atoms with Crippen molar-refractivity contribution in [3.8, 4) is 56.3 Å². The van der Waals surface area contributed by atoms with E-state index in [0.29, 0.717) is 33.1 Å². The molecule has 13 aromatic rings. The maximum atomic E-state index is 15.4. The molecule has 0 radical (unpaired) electrons. The molecule has 13 rings (SSSR count).